The van der Waals surface area contributed by atoms with Gasteiger partial charge in [-0.3, -0.25) is 4.79 Å². The Morgan fingerprint density at radius 1 is 1.08 bits per heavy atom. The number of aryl methyl sites for hydroxylation is 1. The zero-order valence-corrected chi connectivity index (χ0v) is 25.0. The largest absolute Gasteiger partial charge is 0.366 e. The third kappa shape index (κ3) is 11.0. The Hall–Kier alpha value is -2.87. The van der Waals surface area contributed by atoms with Gasteiger partial charge in [0.05, 0.1) is 0 Å². The lowest BCUT2D eigenvalue weighted by atomic mass is 9.96. The summed E-state index contributed by atoms with van der Waals surface area (Å²) < 4.78 is 0. The van der Waals surface area contributed by atoms with E-state index in [-0.39, 0.29) is 5.41 Å². The molecule has 8 nitrogen and oxygen atoms in total. The Morgan fingerprint density at radius 3 is 2.32 bits per heavy atom. The molecule has 0 unspecified atom stereocenters. The minimum absolute atomic E-state index is 0.111. The van der Waals surface area contributed by atoms with Crippen molar-refractivity contribution in [1.82, 2.24) is 14.9 Å². The minimum Gasteiger partial charge on any atom is -0.366 e. The maximum absolute atomic E-state index is 11.7. The molecule has 0 atom stereocenters. The van der Waals surface area contributed by atoms with Crippen molar-refractivity contribution < 1.29 is 4.79 Å². The summed E-state index contributed by atoms with van der Waals surface area (Å²) in [5.41, 5.74) is 7.88. The van der Waals surface area contributed by atoms with Gasteiger partial charge in [0.2, 0.25) is 11.9 Å². The summed E-state index contributed by atoms with van der Waals surface area (Å²) in [7, 11) is 4.19. The summed E-state index contributed by atoms with van der Waals surface area (Å²) >= 11 is 0. The number of benzene rings is 1. The van der Waals surface area contributed by atoms with Crippen LogP contribution in [0, 0.1) is 12.3 Å². The van der Waals surface area contributed by atoms with Crippen LogP contribution in [0.5, 0.6) is 0 Å². The molecule has 1 aromatic heterocycles. The van der Waals surface area contributed by atoms with Crippen molar-refractivity contribution in [2.24, 2.45) is 11.1 Å². The Kier molecular flexibility index (Phi) is 13.4. The Balaban J connectivity index is 0.00000127. The molecule has 0 spiro atoms. The number of amides is 1. The van der Waals surface area contributed by atoms with Crippen LogP contribution in [0.1, 0.15) is 77.2 Å². The number of likely N-dealkylation sites (N-methyl/N-ethyl adjacent to an activating group) is 1. The maximum atomic E-state index is 11.7. The Morgan fingerprint density at radius 2 is 1.73 bits per heavy atom. The van der Waals surface area contributed by atoms with Crippen LogP contribution in [0.25, 0.3) is 0 Å². The van der Waals surface area contributed by atoms with Crippen molar-refractivity contribution >= 4 is 29.2 Å². The van der Waals surface area contributed by atoms with Gasteiger partial charge in [-0.05, 0) is 50.0 Å². The summed E-state index contributed by atoms with van der Waals surface area (Å²) in [6.45, 7) is 21.6. The average Bonchev–Trinajstić information content (AvgIpc) is 3.05. The fourth-order valence-corrected chi connectivity index (χ4v) is 3.92. The van der Waals surface area contributed by atoms with Gasteiger partial charge in [0.15, 0.2) is 0 Å². The highest BCUT2D eigenvalue weighted by molar-refractivity contribution is 5.94. The van der Waals surface area contributed by atoms with Crippen LogP contribution in [-0.2, 0) is 0 Å². The molecule has 3 N–H and O–H groups in total. The van der Waals surface area contributed by atoms with E-state index in [1.165, 1.54) is 6.42 Å². The molecule has 0 saturated carbocycles. The predicted molar refractivity (Wildman–Crippen MR) is 159 cm³/mol. The summed E-state index contributed by atoms with van der Waals surface area (Å²) in [6, 6.07) is 7.40. The van der Waals surface area contributed by atoms with Crippen molar-refractivity contribution in [3.8, 4) is 0 Å². The summed E-state index contributed by atoms with van der Waals surface area (Å²) in [4.78, 5) is 28.2. The van der Waals surface area contributed by atoms with E-state index in [1.54, 1.807) is 12.1 Å². The molecule has 2 heterocycles. The van der Waals surface area contributed by atoms with Gasteiger partial charge >= 0.3 is 0 Å². The Bertz CT molecular complexity index is 971. The van der Waals surface area contributed by atoms with Gasteiger partial charge < -0.3 is 25.8 Å². The normalized spacial score (nSPS) is 13.9. The van der Waals surface area contributed by atoms with Crippen molar-refractivity contribution in [1.29, 1.82) is 0 Å². The van der Waals surface area contributed by atoms with Crippen molar-refractivity contribution in [2.45, 2.75) is 68.2 Å². The molecule has 1 aliphatic heterocycles. The Labute approximate surface area is 225 Å². The van der Waals surface area contributed by atoms with Gasteiger partial charge in [-0.2, -0.15) is 9.97 Å². The first-order valence-electron chi connectivity index (χ1n) is 13.6. The van der Waals surface area contributed by atoms with E-state index in [0.717, 1.165) is 56.2 Å². The smallest absolute Gasteiger partial charge is 0.248 e. The van der Waals surface area contributed by atoms with E-state index in [4.69, 9.17) is 15.7 Å². The third-order valence-corrected chi connectivity index (χ3v) is 5.58. The first-order chi connectivity index (χ1) is 17.4. The summed E-state index contributed by atoms with van der Waals surface area (Å²) in [5.74, 6) is 1.85. The van der Waals surface area contributed by atoms with Crippen LogP contribution < -0.4 is 20.9 Å². The summed E-state index contributed by atoms with van der Waals surface area (Å²) in [5, 5.41) is 3.41. The van der Waals surface area contributed by atoms with Gasteiger partial charge in [-0.15, -0.1) is 0 Å². The van der Waals surface area contributed by atoms with E-state index in [9.17, 15) is 4.79 Å². The molecule has 2 aromatic rings. The lowest BCUT2D eigenvalue weighted by Gasteiger charge is -2.29. The lowest BCUT2D eigenvalue weighted by molar-refractivity contribution is 0.100. The van der Waals surface area contributed by atoms with Crippen LogP contribution >= 0.6 is 0 Å². The fraction of sp³-hybridized carbons (Fsp3) is 0.621. The number of rotatable bonds is 6. The number of primary amides is 1. The zero-order valence-electron chi connectivity index (χ0n) is 25.0. The molecule has 0 aliphatic carbocycles. The molecule has 1 aliphatic rings. The minimum atomic E-state index is -0.448. The second-order valence-corrected chi connectivity index (χ2v) is 10.7. The van der Waals surface area contributed by atoms with Gasteiger partial charge in [0, 0.05) is 50.5 Å². The number of carbonyl (C=O) groups excluding carboxylic acids is 1. The number of aromatic nitrogens is 2. The summed E-state index contributed by atoms with van der Waals surface area (Å²) in [6.07, 6.45) is 2.34. The number of nitrogens with zero attached hydrogens (tertiary/aromatic N) is 5. The number of hydrogen-bond acceptors (Lipinski definition) is 7. The molecule has 8 heteroatoms. The molecule has 0 radical (unpaired) electrons. The molecular weight excluding hydrogens is 462 g/mol. The quantitative estimate of drug-likeness (QED) is 0.512. The van der Waals surface area contributed by atoms with Gasteiger partial charge in [-0.1, -0.05) is 61.0 Å². The van der Waals surface area contributed by atoms with Crippen molar-refractivity contribution in [3.63, 3.8) is 0 Å². The molecule has 1 saturated heterocycles. The van der Waals surface area contributed by atoms with Crippen LogP contribution in [0.15, 0.2) is 24.3 Å². The van der Waals surface area contributed by atoms with Gasteiger partial charge in [-0.25, -0.2) is 0 Å². The van der Waals surface area contributed by atoms with Crippen LogP contribution in [0.3, 0.4) is 0 Å². The molecule has 1 amide bonds. The second-order valence-electron chi connectivity index (χ2n) is 10.7. The number of nitrogens with one attached hydrogen (secondary N) is 1. The van der Waals surface area contributed by atoms with E-state index in [0.29, 0.717) is 17.3 Å². The van der Waals surface area contributed by atoms with Crippen molar-refractivity contribution in [3.05, 3.63) is 35.4 Å². The highest BCUT2D eigenvalue weighted by Gasteiger charge is 2.20. The lowest BCUT2D eigenvalue weighted by Crippen LogP contribution is -2.32. The van der Waals surface area contributed by atoms with E-state index >= 15 is 0 Å². The molecule has 1 fully saturated rings. The predicted octanol–water partition coefficient (Wildman–Crippen LogP) is 5.69. The highest BCUT2D eigenvalue weighted by atomic mass is 16.1. The van der Waals surface area contributed by atoms with Crippen LogP contribution in [0.2, 0.25) is 0 Å². The van der Waals surface area contributed by atoms with Crippen molar-refractivity contribution in [2.75, 3.05) is 61.9 Å². The van der Waals surface area contributed by atoms with E-state index in [2.05, 4.69) is 61.7 Å². The fourth-order valence-electron chi connectivity index (χ4n) is 3.92. The number of hydrogen-bond donors (Lipinski definition) is 2. The monoisotopic (exact) mass is 513 g/mol. The number of carbonyl (C=O) groups is 1. The standard InChI is InChI=1S/C24H37N7O.C3H8.C2H6/c1-17-8-9-18(22(25)32)14-19(17)26-20-15-21(31-11-7-10-29(5)12-13-31)28-23(27-20)30(6)16-24(2,3)4;1-3-2;1-2/h8-9,14-15H,7,10-13,16H2,1-6H3,(H2,25,32)(H,26,27,28);3H2,1-2H3;1-2H3. The molecule has 3 rings (SSSR count). The topological polar surface area (TPSA) is 90.6 Å². The van der Waals surface area contributed by atoms with E-state index in [1.807, 2.05) is 40.0 Å². The zero-order chi connectivity index (χ0) is 28.2. The third-order valence-electron chi connectivity index (χ3n) is 5.58. The van der Waals surface area contributed by atoms with Crippen LogP contribution in [-0.4, -0.2) is 67.6 Å². The molecular formula is C29H51N7O. The molecule has 0 bridgehead atoms. The number of nitrogens with two attached hydrogens (primary N) is 1. The van der Waals surface area contributed by atoms with Crippen LogP contribution in [0.4, 0.5) is 23.3 Å². The molecule has 208 valence electrons. The molecule has 37 heavy (non-hydrogen) atoms. The maximum Gasteiger partial charge on any atom is 0.248 e. The SMILES string of the molecule is CC.CCC.Cc1ccc(C(N)=O)cc1Nc1cc(N2CCCN(C)CC2)nc(N(C)CC(C)(C)C)n1. The highest BCUT2D eigenvalue weighted by Crippen LogP contribution is 2.27. The number of anilines is 4. The van der Waals surface area contributed by atoms with Gasteiger partial charge in [0.1, 0.15) is 11.6 Å². The first-order valence-corrected chi connectivity index (χ1v) is 13.6. The average molecular weight is 514 g/mol. The molecule has 1 aromatic carbocycles. The second kappa shape index (κ2) is 15.4. The first kappa shape index (κ1) is 32.2. The van der Waals surface area contributed by atoms with Gasteiger partial charge in [0.25, 0.3) is 0 Å². The van der Waals surface area contributed by atoms with E-state index < -0.39 is 5.91 Å².